The summed E-state index contributed by atoms with van der Waals surface area (Å²) in [4.78, 5) is 27.1. The molecule has 3 aliphatic rings. The van der Waals surface area contributed by atoms with Gasteiger partial charge in [0, 0.05) is 47.6 Å². The summed E-state index contributed by atoms with van der Waals surface area (Å²) in [6.07, 6.45) is 4.50. The van der Waals surface area contributed by atoms with Gasteiger partial charge in [-0.25, -0.2) is 4.39 Å². The lowest BCUT2D eigenvalue weighted by atomic mass is 9.73. The van der Waals surface area contributed by atoms with Crippen molar-refractivity contribution in [3.05, 3.63) is 93.7 Å². The van der Waals surface area contributed by atoms with Gasteiger partial charge in [-0.2, -0.15) is 0 Å². The van der Waals surface area contributed by atoms with E-state index in [1.54, 1.807) is 0 Å². The Balaban J connectivity index is 1.20. The molecule has 1 aliphatic carbocycles. The maximum atomic E-state index is 14.6. The third kappa shape index (κ3) is 6.09. The lowest BCUT2D eigenvalue weighted by Gasteiger charge is -2.48. The van der Waals surface area contributed by atoms with Crippen LogP contribution in [0.15, 0.2) is 71.2 Å². The molecule has 3 aromatic rings. The van der Waals surface area contributed by atoms with Gasteiger partial charge in [0.05, 0.1) is 17.8 Å². The van der Waals surface area contributed by atoms with Crippen LogP contribution in [0.1, 0.15) is 66.1 Å². The van der Waals surface area contributed by atoms with E-state index in [2.05, 4.69) is 32.6 Å². The van der Waals surface area contributed by atoms with Gasteiger partial charge in [-0.1, -0.05) is 46.3 Å². The highest BCUT2D eigenvalue weighted by Gasteiger charge is 2.45. The summed E-state index contributed by atoms with van der Waals surface area (Å²) in [5, 5.41) is 18.0. The number of anilines is 1. The minimum absolute atomic E-state index is 0.00747. The average Bonchev–Trinajstić information content (AvgIpc) is 3.40. The molecule has 2 fully saturated rings. The Morgan fingerprint density at radius 1 is 1.12 bits per heavy atom. The van der Waals surface area contributed by atoms with Gasteiger partial charge < -0.3 is 25.4 Å². The zero-order valence-electron chi connectivity index (χ0n) is 23.3. The molecule has 220 valence electrons. The Labute approximate surface area is 253 Å². The van der Waals surface area contributed by atoms with Gasteiger partial charge >= 0.3 is 0 Å². The minimum atomic E-state index is -0.912. The van der Waals surface area contributed by atoms with E-state index in [0.29, 0.717) is 25.8 Å². The second kappa shape index (κ2) is 12.1. The van der Waals surface area contributed by atoms with E-state index < -0.39 is 23.9 Å². The number of carbonyl (C=O) groups is 2. The fourth-order valence-corrected chi connectivity index (χ4v) is 6.65. The van der Waals surface area contributed by atoms with Crippen molar-refractivity contribution in [2.24, 2.45) is 0 Å². The second-order valence-electron chi connectivity index (χ2n) is 11.6. The van der Waals surface area contributed by atoms with Crippen molar-refractivity contribution in [3.8, 4) is 5.75 Å². The monoisotopic (exact) mass is 635 g/mol. The first-order valence-electron chi connectivity index (χ1n) is 14.6. The molecule has 1 saturated carbocycles. The zero-order chi connectivity index (χ0) is 29.3. The largest absolute Gasteiger partial charge is 0.487 e. The van der Waals surface area contributed by atoms with Gasteiger partial charge in [0.2, 0.25) is 5.91 Å². The summed E-state index contributed by atoms with van der Waals surface area (Å²) in [5.41, 5.74) is 2.20. The molecule has 0 aromatic heterocycles. The second-order valence-corrected chi connectivity index (χ2v) is 12.6. The lowest BCUT2D eigenvalue weighted by molar-refractivity contribution is -0.117. The van der Waals surface area contributed by atoms with Crippen LogP contribution in [0.4, 0.5) is 10.1 Å². The Bertz CT molecular complexity index is 1460. The van der Waals surface area contributed by atoms with Crippen LogP contribution < -0.4 is 20.3 Å². The number of carbonyl (C=O) groups excluding carboxylic acids is 2. The summed E-state index contributed by atoms with van der Waals surface area (Å²) in [7, 11) is 0. The molecular formula is C33H35BrFN3O4. The molecule has 2 heterocycles. The van der Waals surface area contributed by atoms with Crippen molar-refractivity contribution < 1.29 is 23.8 Å². The van der Waals surface area contributed by atoms with Crippen LogP contribution in [0.5, 0.6) is 5.75 Å². The first kappa shape index (κ1) is 28.8. The van der Waals surface area contributed by atoms with Crippen molar-refractivity contribution >= 4 is 33.4 Å². The Kier molecular flexibility index (Phi) is 8.34. The van der Waals surface area contributed by atoms with E-state index in [4.69, 9.17) is 4.74 Å². The maximum Gasteiger partial charge on any atom is 0.251 e. The van der Waals surface area contributed by atoms with Crippen molar-refractivity contribution in [3.63, 3.8) is 0 Å². The van der Waals surface area contributed by atoms with Gasteiger partial charge in [-0.05, 0) is 74.1 Å². The van der Waals surface area contributed by atoms with Crippen LogP contribution in [0, 0.1) is 5.82 Å². The number of nitrogens with zero attached hydrogens (tertiary/aromatic N) is 1. The van der Waals surface area contributed by atoms with Crippen molar-refractivity contribution in [2.45, 2.75) is 68.7 Å². The number of ether oxygens (including phenoxy) is 1. The van der Waals surface area contributed by atoms with Gasteiger partial charge in [0.25, 0.3) is 5.91 Å². The Morgan fingerprint density at radius 2 is 1.93 bits per heavy atom. The summed E-state index contributed by atoms with van der Waals surface area (Å²) in [6, 6.07) is 19.2. The number of hydrogen-bond acceptors (Lipinski definition) is 5. The molecule has 0 bridgehead atoms. The highest BCUT2D eigenvalue weighted by molar-refractivity contribution is 9.10. The number of halogens is 2. The van der Waals surface area contributed by atoms with Crippen molar-refractivity contribution in [1.29, 1.82) is 0 Å². The fourth-order valence-electron chi connectivity index (χ4n) is 6.27. The summed E-state index contributed by atoms with van der Waals surface area (Å²) >= 11 is 3.58. The first-order chi connectivity index (χ1) is 20.3. The Morgan fingerprint density at radius 3 is 2.64 bits per heavy atom. The highest BCUT2D eigenvalue weighted by atomic mass is 79.9. The third-order valence-corrected chi connectivity index (χ3v) is 9.23. The number of aliphatic hydroxyl groups is 1. The molecule has 2 amide bonds. The Hall–Kier alpha value is -3.27. The maximum absolute atomic E-state index is 14.6. The summed E-state index contributed by atoms with van der Waals surface area (Å²) in [6.45, 7) is 0.677. The molecule has 0 unspecified atom stereocenters. The van der Waals surface area contributed by atoms with Crippen LogP contribution in [0.3, 0.4) is 0 Å². The van der Waals surface area contributed by atoms with Crippen LogP contribution in [-0.4, -0.2) is 47.8 Å². The molecular weight excluding hydrogens is 601 g/mol. The molecule has 0 radical (unpaired) electrons. The van der Waals surface area contributed by atoms with Crippen molar-refractivity contribution in [1.82, 2.24) is 10.6 Å². The molecule has 2 aliphatic heterocycles. The molecule has 6 rings (SSSR count). The number of rotatable bonds is 9. The number of fused-ring (bicyclic) bond motifs is 1. The minimum Gasteiger partial charge on any atom is -0.487 e. The topological polar surface area (TPSA) is 90.9 Å². The van der Waals surface area contributed by atoms with Gasteiger partial charge in [0.1, 0.15) is 17.2 Å². The van der Waals surface area contributed by atoms with E-state index in [-0.39, 0.29) is 35.3 Å². The highest BCUT2D eigenvalue weighted by Crippen LogP contribution is 2.49. The van der Waals surface area contributed by atoms with Gasteiger partial charge in [-0.15, -0.1) is 0 Å². The molecule has 3 N–H and O–H groups in total. The molecule has 1 spiro atoms. The third-order valence-electron chi connectivity index (χ3n) is 8.74. The number of hydrogen-bond donors (Lipinski definition) is 3. The number of aliphatic hydroxyl groups excluding tert-OH is 1. The predicted molar refractivity (Wildman–Crippen MR) is 162 cm³/mol. The van der Waals surface area contributed by atoms with Gasteiger partial charge in [0.15, 0.2) is 0 Å². The van der Waals surface area contributed by atoms with E-state index in [1.165, 1.54) is 23.1 Å². The van der Waals surface area contributed by atoms with Crippen LogP contribution in [0.25, 0.3) is 0 Å². The molecule has 1 saturated heterocycles. The number of nitrogens with one attached hydrogen (secondary N) is 2. The standard InChI is InChI=1S/C33H35BrFN3O4/c34-23-10-12-30-24(18-23)27(19-33(42-30)13-5-14-33)36-20-29(39)26(16-21-6-2-1-3-7-21)37-32(41)22-9-11-25(35)28(17-22)38-15-4-8-31(38)40/h1-3,6-7,9-12,17-18,26-27,29,36,39H,4-5,8,13-16,19-20H2,(H,37,41)/t26-,27-,29+/m0/s1. The number of benzene rings is 3. The van der Waals surface area contributed by atoms with Gasteiger partial charge in [-0.3, -0.25) is 9.59 Å². The van der Waals surface area contributed by atoms with E-state index in [0.717, 1.165) is 47.0 Å². The molecule has 9 heteroatoms. The van der Waals surface area contributed by atoms with Crippen LogP contribution >= 0.6 is 15.9 Å². The smallest absolute Gasteiger partial charge is 0.251 e. The molecule has 42 heavy (non-hydrogen) atoms. The molecule has 7 nitrogen and oxygen atoms in total. The normalized spacial score (nSPS) is 20.4. The molecule has 3 atom stereocenters. The fraction of sp³-hybridized carbons (Fsp3) is 0.394. The molecule has 3 aromatic carbocycles. The van der Waals surface area contributed by atoms with Crippen molar-refractivity contribution in [2.75, 3.05) is 18.0 Å². The predicted octanol–water partition coefficient (Wildman–Crippen LogP) is 5.45. The zero-order valence-corrected chi connectivity index (χ0v) is 24.9. The van der Waals surface area contributed by atoms with E-state index >= 15 is 0 Å². The van der Waals surface area contributed by atoms with E-state index in [1.807, 2.05) is 42.5 Å². The average molecular weight is 637 g/mol. The summed E-state index contributed by atoms with van der Waals surface area (Å²) < 4.78 is 22.0. The van der Waals surface area contributed by atoms with Crippen LogP contribution in [0.2, 0.25) is 0 Å². The lowest BCUT2D eigenvalue weighted by Crippen LogP contribution is -2.52. The van der Waals surface area contributed by atoms with E-state index in [9.17, 15) is 19.1 Å². The first-order valence-corrected chi connectivity index (χ1v) is 15.4. The quantitative estimate of drug-likeness (QED) is 0.291. The summed E-state index contributed by atoms with van der Waals surface area (Å²) in [5.74, 6) is -0.259. The number of amides is 2. The SMILES string of the molecule is O=C(N[C@@H](Cc1ccccc1)[C@H](O)CN[C@H]1CC2(CCC2)Oc2ccc(Br)cc21)c1ccc(F)c(N2CCCC2=O)c1. The van der Waals surface area contributed by atoms with Crippen LogP contribution in [-0.2, 0) is 11.2 Å².